The van der Waals surface area contributed by atoms with Crippen LogP contribution in [0, 0.1) is 56.7 Å². The molecule has 0 heterocycles. The molecule has 5 saturated carbocycles. The van der Waals surface area contributed by atoms with E-state index >= 15 is 0 Å². The zero-order valence-corrected chi connectivity index (χ0v) is 27.8. The zero-order valence-electron chi connectivity index (χ0n) is 27.8. The molecule has 0 aromatic heterocycles. The normalized spacial score (nSPS) is 47.1. The van der Waals surface area contributed by atoms with Gasteiger partial charge >= 0.3 is 17.9 Å². The van der Waals surface area contributed by atoms with Gasteiger partial charge in [-0.2, -0.15) is 0 Å². The van der Waals surface area contributed by atoms with Crippen LogP contribution in [-0.2, 0) is 28.6 Å². The third-order valence-electron chi connectivity index (χ3n) is 14.4. The molecular weight excluding hydrogens is 528 g/mol. The Morgan fingerprint density at radius 3 is 1.95 bits per heavy atom. The summed E-state index contributed by atoms with van der Waals surface area (Å²) in [5, 5.41) is 0. The highest BCUT2D eigenvalue weighted by molar-refractivity contribution is 5.67. The number of rotatable bonds is 5. The third-order valence-corrected chi connectivity index (χ3v) is 14.4. The van der Waals surface area contributed by atoms with Crippen LogP contribution in [0.1, 0.15) is 120 Å². The lowest BCUT2D eigenvalue weighted by Crippen LogP contribution is -2.69. The van der Waals surface area contributed by atoms with Gasteiger partial charge in [0.05, 0.1) is 0 Å². The van der Waals surface area contributed by atoms with E-state index in [1.165, 1.54) is 32.8 Å². The highest BCUT2D eigenvalue weighted by Crippen LogP contribution is 2.77. The quantitative estimate of drug-likeness (QED) is 0.187. The van der Waals surface area contributed by atoms with Gasteiger partial charge in [-0.15, -0.1) is 0 Å². The molecule has 0 spiro atoms. The van der Waals surface area contributed by atoms with Gasteiger partial charge in [-0.1, -0.05) is 46.8 Å². The highest BCUT2D eigenvalue weighted by Gasteiger charge is 2.73. The highest BCUT2D eigenvalue weighted by atomic mass is 16.6. The summed E-state index contributed by atoms with van der Waals surface area (Å²) in [5.74, 6) is 1.34. The second kappa shape index (κ2) is 10.4. The van der Waals surface area contributed by atoms with Crippen molar-refractivity contribution >= 4 is 17.9 Å². The number of carbonyl (C=O) groups excluding carboxylic acids is 3. The van der Waals surface area contributed by atoms with E-state index in [1.807, 2.05) is 0 Å². The molecular formula is C36H56O6. The molecule has 6 heteroatoms. The topological polar surface area (TPSA) is 78.9 Å². The van der Waals surface area contributed by atoms with E-state index in [0.29, 0.717) is 30.3 Å². The molecule has 0 saturated heterocycles. The first-order chi connectivity index (χ1) is 19.4. The van der Waals surface area contributed by atoms with Gasteiger partial charge in [0.15, 0.2) is 0 Å². The first-order valence-corrected chi connectivity index (χ1v) is 16.6. The smallest absolute Gasteiger partial charge is 0.302 e. The van der Waals surface area contributed by atoms with Crippen LogP contribution in [0.2, 0.25) is 0 Å². The molecule has 0 unspecified atom stereocenters. The Morgan fingerprint density at radius 2 is 1.36 bits per heavy atom. The fourth-order valence-electron chi connectivity index (χ4n) is 12.5. The summed E-state index contributed by atoms with van der Waals surface area (Å²) in [6, 6.07) is 0. The summed E-state index contributed by atoms with van der Waals surface area (Å²) in [5.41, 5.74) is 0.917. The predicted molar refractivity (Wildman–Crippen MR) is 162 cm³/mol. The minimum atomic E-state index is -0.375. The van der Waals surface area contributed by atoms with E-state index in [4.69, 9.17) is 14.2 Å². The fourth-order valence-corrected chi connectivity index (χ4v) is 12.5. The van der Waals surface area contributed by atoms with E-state index in [-0.39, 0.29) is 63.1 Å². The number of esters is 3. The van der Waals surface area contributed by atoms with Gasteiger partial charge in [0.25, 0.3) is 0 Å². The van der Waals surface area contributed by atoms with E-state index in [1.54, 1.807) is 0 Å². The Labute approximate surface area is 254 Å². The summed E-state index contributed by atoms with van der Waals surface area (Å²) in [6.07, 6.45) is 8.90. The summed E-state index contributed by atoms with van der Waals surface area (Å²) in [6.45, 7) is 23.7. The lowest BCUT2D eigenvalue weighted by atomic mass is 9.32. The molecule has 0 aromatic carbocycles. The minimum Gasteiger partial charge on any atom is -0.465 e. The molecule has 0 aromatic rings. The van der Waals surface area contributed by atoms with Gasteiger partial charge in [0.1, 0.15) is 18.8 Å². The molecule has 11 atom stereocenters. The molecule has 0 aliphatic heterocycles. The molecule has 5 aliphatic rings. The summed E-state index contributed by atoms with van der Waals surface area (Å²) >= 11 is 0. The molecule has 0 radical (unpaired) electrons. The predicted octanol–water partition coefficient (Wildman–Crippen LogP) is 7.68. The maximum Gasteiger partial charge on any atom is 0.302 e. The molecule has 42 heavy (non-hydrogen) atoms. The Balaban J connectivity index is 1.58. The maximum absolute atomic E-state index is 12.7. The van der Waals surface area contributed by atoms with Crippen molar-refractivity contribution in [3.05, 3.63) is 12.2 Å². The summed E-state index contributed by atoms with van der Waals surface area (Å²) in [7, 11) is 0. The van der Waals surface area contributed by atoms with Gasteiger partial charge < -0.3 is 14.2 Å². The average molecular weight is 585 g/mol. The molecule has 6 nitrogen and oxygen atoms in total. The number of hydrogen-bond donors (Lipinski definition) is 0. The van der Waals surface area contributed by atoms with Crippen LogP contribution in [0.4, 0.5) is 0 Å². The van der Waals surface area contributed by atoms with Gasteiger partial charge in [0, 0.05) is 31.6 Å². The monoisotopic (exact) mass is 584 g/mol. The lowest BCUT2D eigenvalue weighted by Gasteiger charge is -2.73. The standard InChI is InChI=1S/C36H56O6/c1-21(2)25-13-18-36(20-40-22(3)37)30(42-24(5)39)19-35(10)26(31(25)36)11-12-28-33(8)16-15-29(41-23(4)38)32(6,7)27(33)14-17-34(28,35)9/h25-31H,1,11-20H2,2-10H3/t25-,26+,27-,28+,29-,30-,31+,33-,34+,35+,36-/m0/s1. The van der Waals surface area contributed by atoms with Gasteiger partial charge in [-0.3, -0.25) is 14.4 Å². The van der Waals surface area contributed by atoms with Gasteiger partial charge in [0.2, 0.25) is 0 Å². The number of fused-ring (bicyclic) bond motifs is 7. The number of carbonyl (C=O) groups is 3. The van der Waals surface area contributed by atoms with Crippen LogP contribution in [0.3, 0.4) is 0 Å². The van der Waals surface area contributed by atoms with Crippen LogP contribution in [0.25, 0.3) is 0 Å². The van der Waals surface area contributed by atoms with Crippen molar-refractivity contribution in [3.63, 3.8) is 0 Å². The van der Waals surface area contributed by atoms with Crippen molar-refractivity contribution < 1.29 is 28.6 Å². The largest absolute Gasteiger partial charge is 0.465 e. The Morgan fingerprint density at radius 1 is 0.714 bits per heavy atom. The number of ether oxygens (including phenoxy) is 3. The minimum absolute atomic E-state index is 0.0379. The Hall–Kier alpha value is -1.85. The molecule has 5 aliphatic carbocycles. The third kappa shape index (κ3) is 4.42. The van der Waals surface area contributed by atoms with Crippen molar-refractivity contribution in [2.75, 3.05) is 6.61 Å². The first kappa shape index (κ1) is 31.6. The van der Waals surface area contributed by atoms with Gasteiger partial charge in [-0.05, 0) is 111 Å². The summed E-state index contributed by atoms with van der Waals surface area (Å²) in [4.78, 5) is 36.8. The average Bonchev–Trinajstić information content (AvgIpc) is 3.26. The Bertz CT molecular complexity index is 1140. The fraction of sp³-hybridized carbons (Fsp3) is 0.861. The van der Waals surface area contributed by atoms with Crippen molar-refractivity contribution in [3.8, 4) is 0 Å². The van der Waals surface area contributed by atoms with Crippen molar-refractivity contribution in [2.45, 2.75) is 132 Å². The van der Waals surface area contributed by atoms with Crippen LogP contribution in [0.5, 0.6) is 0 Å². The van der Waals surface area contributed by atoms with Crippen LogP contribution in [-0.4, -0.2) is 36.7 Å². The first-order valence-electron chi connectivity index (χ1n) is 16.6. The molecule has 0 amide bonds. The van der Waals surface area contributed by atoms with Crippen molar-refractivity contribution in [1.29, 1.82) is 0 Å². The van der Waals surface area contributed by atoms with E-state index < -0.39 is 0 Å². The van der Waals surface area contributed by atoms with Gasteiger partial charge in [-0.25, -0.2) is 0 Å². The molecule has 5 fully saturated rings. The van der Waals surface area contributed by atoms with Crippen LogP contribution in [0.15, 0.2) is 12.2 Å². The van der Waals surface area contributed by atoms with Crippen LogP contribution >= 0.6 is 0 Å². The SMILES string of the molecule is C=C(C)[C@@H]1CC[C@@]2(COC(C)=O)[C@H]1[C@H]1CC[C@@H]3[C@@]4(C)CC[C@H](OC(C)=O)C(C)(C)[C@@H]4CC[C@@]3(C)[C@]1(C)C[C@@H]2OC(C)=O. The molecule has 5 rings (SSSR count). The molecule has 0 bridgehead atoms. The molecule has 236 valence electrons. The maximum atomic E-state index is 12.7. The lowest BCUT2D eigenvalue weighted by molar-refractivity contribution is -0.270. The van der Waals surface area contributed by atoms with E-state index in [2.05, 4.69) is 48.1 Å². The van der Waals surface area contributed by atoms with E-state index in [9.17, 15) is 14.4 Å². The van der Waals surface area contributed by atoms with Crippen LogP contribution < -0.4 is 0 Å². The van der Waals surface area contributed by atoms with E-state index in [0.717, 1.165) is 51.4 Å². The Kier molecular flexibility index (Phi) is 7.79. The summed E-state index contributed by atoms with van der Waals surface area (Å²) < 4.78 is 18.1. The number of allylic oxidation sites excluding steroid dienone is 1. The van der Waals surface area contributed by atoms with Crippen molar-refractivity contribution in [1.82, 2.24) is 0 Å². The number of hydrogen-bond acceptors (Lipinski definition) is 6. The molecule has 0 N–H and O–H groups in total. The van der Waals surface area contributed by atoms with Crippen molar-refractivity contribution in [2.24, 2.45) is 56.7 Å². The second-order valence-electron chi connectivity index (χ2n) is 16.5. The zero-order chi connectivity index (χ0) is 31.0. The second-order valence-corrected chi connectivity index (χ2v) is 16.5.